The summed E-state index contributed by atoms with van der Waals surface area (Å²) in [7, 11) is 1.81. The lowest BCUT2D eigenvalue weighted by atomic mass is 10.2. The lowest BCUT2D eigenvalue weighted by Gasteiger charge is -2.37. The van der Waals surface area contributed by atoms with Gasteiger partial charge >= 0.3 is 0 Å². The summed E-state index contributed by atoms with van der Waals surface area (Å²) in [5, 5.41) is 7.72. The van der Waals surface area contributed by atoms with E-state index in [0.29, 0.717) is 6.61 Å². The largest absolute Gasteiger partial charge is 0.368 e. The predicted octanol–water partition coefficient (Wildman–Crippen LogP) is 0.480. The Bertz CT molecular complexity index is 615. The Morgan fingerprint density at radius 1 is 1.35 bits per heavy atom. The van der Waals surface area contributed by atoms with Crippen LogP contribution in [0.25, 0.3) is 0 Å². The highest BCUT2D eigenvalue weighted by Gasteiger charge is 2.30. The molecule has 8 heteroatoms. The molecule has 2 fully saturated rings. The zero-order valence-corrected chi connectivity index (χ0v) is 15.9. The van der Waals surface area contributed by atoms with Crippen molar-refractivity contribution >= 4 is 11.9 Å². The minimum Gasteiger partial charge on any atom is -0.368 e. The fourth-order valence-corrected chi connectivity index (χ4v) is 3.48. The molecule has 1 aromatic heterocycles. The summed E-state index contributed by atoms with van der Waals surface area (Å²) in [5.74, 6) is 1.06. The van der Waals surface area contributed by atoms with Crippen molar-refractivity contribution in [3.05, 3.63) is 18.0 Å². The van der Waals surface area contributed by atoms with Crippen LogP contribution in [0.15, 0.2) is 17.4 Å². The van der Waals surface area contributed by atoms with Crippen LogP contribution in [0.3, 0.4) is 0 Å². The number of piperazine rings is 1. The molecule has 2 saturated heterocycles. The third-order valence-electron chi connectivity index (χ3n) is 4.92. The van der Waals surface area contributed by atoms with Gasteiger partial charge in [0.1, 0.15) is 6.10 Å². The van der Waals surface area contributed by atoms with Gasteiger partial charge in [-0.1, -0.05) is 0 Å². The van der Waals surface area contributed by atoms with Crippen molar-refractivity contribution in [3.8, 4) is 0 Å². The normalized spacial score (nSPS) is 21.3. The van der Waals surface area contributed by atoms with Crippen LogP contribution >= 0.6 is 0 Å². The molecular formula is C18H30N6O2. The summed E-state index contributed by atoms with van der Waals surface area (Å²) in [6, 6.07) is 0. The van der Waals surface area contributed by atoms with Crippen molar-refractivity contribution in [2.75, 3.05) is 46.4 Å². The lowest BCUT2D eigenvalue weighted by molar-refractivity contribution is -0.142. The van der Waals surface area contributed by atoms with Gasteiger partial charge in [-0.05, 0) is 31.7 Å². The van der Waals surface area contributed by atoms with Crippen LogP contribution in [0.4, 0.5) is 0 Å². The van der Waals surface area contributed by atoms with Crippen LogP contribution in [0, 0.1) is 6.92 Å². The van der Waals surface area contributed by atoms with E-state index in [1.54, 1.807) is 0 Å². The first-order valence-electron chi connectivity index (χ1n) is 9.52. The minimum atomic E-state index is -0.218. The number of hydrogen-bond donors (Lipinski definition) is 1. The van der Waals surface area contributed by atoms with Crippen molar-refractivity contribution in [2.24, 2.45) is 4.99 Å². The standard InChI is InChI=1S/C18H30N6O2/c1-15-13-21-24(14-15)7-4-6-20-18(19-2)23-10-8-22(9-11-23)17(25)16-5-3-12-26-16/h13-14,16H,3-12H2,1-2H3,(H,19,20). The maximum Gasteiger partial charge on any atom is 0.251 e. The molecule has 1 unspecified atom stereocenters. The quantitative estimate of drug-likeness (QED) is 0.468. The highest BCUT2D eigenvalue weighted by molar-refractivity contribution is 5.82. The number of aryl methyl sites for hydroxylation is 2. The molecule has 0 spiro atoms. The number of carbonyl (C=O) groups excluding carboxylic acids is 1. The maximum atomic E-state index is 12.4. The van der Waals surface area contributed by atoms with E-state index in [2.05, 4.69) is 26.5 Å². The third-order valence-corrected chi connectivity index (χ3v) is 4.92. The molecule has 0 radical (unpaired) electrons. The second-order valence-corrected chi connectivity index (χ2v) is 6.92. The van der Waals surface area contributed by atoms with Crippen LogP contribution in [0.2, 0.25) is 0 Å². The SMILES string of the molecule is CN=C(NCCCn1cc(C)cn1)N1CCN(C(=O)C2CCCO2)CC1. The van der Waals surface area contributed by atoms with Gasteiger partial charge in [-0.3, -0.25) is 14.5 Å². The van der Waals surface area contributed by atoms with E-state index >= 15 is 0 Å². The highest BCUT2D eigenvalue weighted by atomic mass is 16.5. The molecule has 26 heavy (non-hydrogen) atoms. The van der Waals surface area contributed by atoms with E-state index in [4.69, 9.17) is 4.74 Å². The molecule has 0 aliphatic carbocycles. The number of aliphatic imine (C=N–C) groups is 1. The lowest BCUT2D eigenvalue weighted by Crippen LogP contribution is -2.55. The highest BCUT2D eigenvalue weighted by Crippen LogP contribution is 2.16. The van der Waals surface area contributed by atoms with Crippen molar-refractivity contribution in [1.82, 2.24) is 24.9 Å². The first kappa shape index (κ1) is 18.7. The average Bonchev–Trinajstić information content (AvgIpc) is 3.33. The molecule has 2 aliphatic heterocycles. The van der Waals surface area contributed by atoms with Crippen LogP contribution in [-0.4, -0.2) is 83.9 Å². The summed E-state index contributed by atoms with van der Waals surface area (Å²) in [6.07, 6.45) is 6.55. The van der Waals surface area contributed by atoms with Crippen molar-refractivity contribution in [3.63, 3.8) is 0 Å². The smallest absolute Gasteiger partial charge is 0.251 e. The molecule has 0 saturated carbocycles. The summed E-state index contributed by atoms with van der Waals surface area (Å²) in [4.78, 5) is 21.0. The fraction of sp³-hybridized carbons (Fsp3) is 0.722. The van der Waals surface area contributed by atoms with E-state index in [1.807, 2.05) is 29.7 Å². The number of aromatic nitrogens is 2. The first-order chi connectivity index (χ1) is 12.7. The molecular weight excluding hydrogens is 332 g/mol. The van der Waals surface area contributed by atoms with E-state index in [0.717, 1.165) is 64.5 Å². The molecule has 1 amide bonds. The van der Waals surface area contributed by atoms with Crippen molar-refractivity contribution < 1.29 is 9.53 Å². The van der Waals surface area contributed by atoms with Gasteiger partial charge in [-0.2, -0.15) is 5.10 Å². The fourth-order valence-electron chi connectivity index (χ4n) is 3.48. The Labute approximate surface area is 155 Å². The zero-order chi connectivity index (χ0) is 18.4. The first-order valence-corrected chi connectivity index (χ1v) is 9.52. The van der Waals surface area contributed by atoms with Gasteiger partial charge in [0.25, 0.3) is 5.91 Å². The van der Waals surface area contributed by atoms with Crippen molar-refractivity contribution in [2.45, 2.75) is 38.8 Å². The Kier molecular flexibility index (Phi) is 6.49. The molecule has 3 rings (SSSR count). The second kappa shape index (κ2) is 9.02. The van der Waals surface area contributed by atoms with Gasteiger partial charge in [0.05, 0.1) is 6.20 Å². The molecule has 1 atom stereocenters. The van der Waals surface area contributed by atoms with E-state index in [1.165, 1.54) is 5.56 Å². The summed E-state index contributed by atoms with van der Waals surface area (Å²) >= 11 is 0. The summed E-state index contributed by atoms with van der Waals surface area (Å²) < 4.78 is 7.49. The Hall–Kier alpha value is -2.09. The molecule has 0 aromatic carbocycles. The van der Waals surface area contributed by atoms with E-state index in [9.17, 15) is 4.79 Å². The topological polar surface area (TPSA) is 75.0 Å². The number of guanidine groups is 1. The third kappa shape index (κ3) is 4.75. The van der Waals surface area contributed by atoms with Gasteiger partial charge in [0.15, 0.2) is 5.96 Å². The van der Waals surface area contributed by atoms with Gasteiger partial charge in [0.2, 0.25) is 0 Å². The number of rotatable bonds is 5. The number of hydrogen-bond acceptors (Lipinski definition) is 4. The number of nitrogens with zero attached hydrogens (tertiary/aromatic N) is 5. The van der Waals surface area contributed by atoms with E-state index < -0.39 is 0 Å². The van der Waals surface area contributed by atoms with Gasteiger partial charge in [0, 0.05) is 59.1 Å². The Balaban J connectivity index is 1.38. The number of ether oxygens (including phenoxy) is 1. The Morgan fingerprint density at radius 3 is 2.73 bits per heavy atom. The summed E-state index contributed by atoms with van der Waals surface area (Å²) in [5.41, 5.74) is 1.18. The summed E-state index contributed by atoms with van der Waals surface area (Å²) in [6.45, 7) is 7.56. The van der Waals surface area contributed by atoms with Crippen molar-refractivity contribution in [1.29, 1.82) is 0 Å². The second-order valence-electron chi connectivity index (χ2n) is 6.92. The predicted molar refractivity (Wildman–Crippen MR) is 100 cm³/mol. The number of nitrogens with one attached hydrogen (secondary N) is 1. The zero-order valence-electron chi connectivity index (χ0n) is 15.9. The van der Waals surface area contributed by atoms with E-state index in [-0.39, 0.29) is 12.0 Å². The molecule has 2 aliphatic rings. The maximum absolute atomic E-state index is 12.4. The molecule has 1 N–H and O–H groups in total. The van der Waals surface area contributed by atoms with Gasteiger partial charge in [-0.15, -0.1) is 0 Å². The van der Waals surface area contributed by atoms with Gasteiger partial charge in [-0.25, -0.2) is 0 Å². The molecule has 1 aromatic rings. The average molecular weight is 362 g/mol. The molecule has 3 heterocycles. The Morgan fingerprint density at radius 2 is 2.12 bits per heavy atom. The van der Waals surface area contributed by atoms with Crippen LogP contribution in [0.1, 0.15) is 24.8 Å². The number of amides is 1. The molecule has 144 valence electrons. The molecule has 8 nitrogen and oxygen atoms in total. The van der Waals surface area contributed by atoms with Crippen LogP contribution in [-0.2, 0) is 16.1 Å². The number of carbonyl (C=O) groups is 1. The van der Waals surface area contributed by atoms with Gasteiger partial charge < -0.3 is 19.9 Å². The van der Waals surface area contributed by atoms with Crippen LogP contribution < -0.4 is 5.32 Å². The van der Waals surface area contributed by atoms with Crippen LogP contribution in [0.5, 0.6) is 0 Å². The molecule has 0 bridgehead atoms. The monoisotopic (exact) mass is 362 g/mol. The minimum absolute atomic E-state index is 0.152.